The number of benzene rings is 1. The van der Waals surface area contributed by atoms with Crippen LogP contribution in [0.4, 0.5) is 5.95 Å². The molecule has 0 unspecified atom stereocenters. The van der Waals surface area contributed by atoms with E-state index in [4.69, 9.17) is 28.9 Å². The molecule has 1 aliphatic carbocycles. The molecule has 1 aliphatic rings. The van der Waals surface area contributed by atoms with Crippen molar-refractivity contribution < 1.29 is 0 Å². The van der Waals surface area contributed by atoms with Crippen molar-refractivity contribution in [1.82, 2.24) is 15.0 Å². The summed E-state index contributed by atoms with van der Waals surface area (Å²) in [6.45, 7) is 0. The smallest absolute Gasteiger partial charge is 0.223 e. The fourth-order valence-electron chi connectivity index (χ4n) is 1.75. The molecule has 0 saturated heterocycles. The van der Waals surface area contributed by atoms with Crippen LogP contribution in [0.15, 0.2) is 18.2 Å². The molecule has 3 rings (SSSR count). The highest BCUT2D eigenvalue weighted by Crippen LogP contribution is 2.38. The van der Waals surface area contributed by atoms with Gasteiger partial charge in [-0.15, -0.1) is 0 Å². The molecule has 0 bridgehead atoms. The lowest BCUT2D eigenvalue weighted by Crippen LogP contribution is -2.04. The summed E-state index contributed by atoms with van der Waals surface area (Å²) in [7, 11) is 0. The van der Waals surface area contributed by atoms with E-state index in [1.165, 1.54) is 0 Å². The lowest BCUT2D eigenvalue weighted by atomic mass is 10.2. The van der Waals surface area contributed by atoms with Crippen LogP contribution in [0.3, 0.4) is 0 Å². The lowest BCUT2D eigenvalue weighted by Gasteiger charge is -2.05. The van der Waals surface area contributed by atoms with Gasteiger partial charge in [-0.05, 0) is 31.0 Å². The number of halogens is 2. The summed E-state index contributed by atoms with van der Waals surface area (Å²) in [6, 6.07) is 5.19. The normalized spacial score (nSPS) is 14.8. The van der Waals surface area contributed by atoms with Crippen molar-refractivity contribution in [2.24, 2.45) is 0 Å². The SMILES string of the molecule is Nc1nc(-c2cc(Cl)cc(Cl)c2)nc(C2CC2)n1. The minimum atomic E-state index is 0.234. The van der Waals surface area contributed by atoms with Crippen molar-refractivity contribution in [2.45, 2.75) is 18.8 Å². The van der Waals surface area contributed by atoms with Crippen LogP contribution in [-0.2, 0) is 0 Å². The van der Waals surface area contributed by atoms with Crippen LogP contribution in [0.2, 0.25) is 10.0 Å². The summed E-state index contributed by atoms with van der Waals surface area (Å²) in [4.78, 5) is 12.7. The Bertz CT molecular complexity index is 591. The number of nitrogens with zero attached hydrogens (tertiary/aromatic N) is 3. The molecule has 2 N–H and O–H groups in total. The van der Waals surface area contributed by atoms with Crippen LogP contribution in [0, 0.1) is 0 Å². The van der Waals surface area contributed by atoms with E-state index in [1.807, 2.05) is 0 Å². The van der Waals surface area contributed by atoms with Gasteiger partial charge in [-0.3, -0.25) is 0 Å². The van der Waals surface area contributed by atoms with Gasteiger partial charge in [0.2, 0.25) is 5.95 Å². The highest BCUT2D eigenvalue weighted by Gasteiger charge is 2.27. The monoisotopic (exact) mass is 280 g/mol. The minimum absolute atomic E-state index is 0.234. The summed E-state index contributed by atoms with van der Waals surface area (Å²) in [5, 5.41) is 1.09. The summed E-state index contributed by atoms with van der Waals surface area (Å²) in [6.07, 6.45) is 2.22. The standard InChI is InChI=1S/C12H10Cl2N4/c13-8-3-7(4-9(14)5-8)11-16-10(6-1-2-6)17-12(15)18-11/h3-6H,1-2H2,(H2,15,16,17,18). The van der Waals surface area contributed by atoms with Crippen LogP contribution < -0.4 is 5.73 Å². The fraction of sp³-hybridized carbons (Fsp3) is 0.250. The maximum absolute atomic E-state index is 5.97. The molecule has 0 spiro atoms. The molecular weight excluding hydrogens is 271 g/mol. The summed E-state index contributed by atoms with van der Waals surface area (Å²) in [5.74, 6) is 1.93. The number of aromatic nitrogens is 3. The number of anilines is 1. The number of hydrogen-bond acceptors (Lipinski definition) is 4. The van der Waals surface area contributed by atoms with Crippen LogP contribution >= 0.6 is 23.2 Å². The van der Waals surface area contributed by atoms with E-state index in [2.05, 4.69) is 15.0 Å². The van der Waals surface area contributed by atoms with Crippen molar-refractivity contribution >= 4 is 29.2 Å². The molecule has 1 saturated carbocycles. The van der Waals surface area contributed by atoms with Gasteiger partial charge in [-0.25, -0.2) is 4.98 Å². The van der Waals surface area contributed by atoms with E-state index in [1.54, 1.807) is 18.2 Å². The molecule has 1 fully saturated rings. The molecule has 1 heterocycles. The summed E-state index contributed by atoms with van der Waals surface area (Å²) < 4.78 is 0. The third-order valence-corrected chi connectivity index (χ3v) is 3.17. The number of nitrogens with two attached hydrogens (primary N) is 1. The maximum atomic E-state index is 5.97. The van der Waals surface area contributed by atoms with E-state index in [0.29, 0.717) is 21.8 Å². The third kappa shape index (κ3) is 2.40. The van der Waals surface area contributed by atoms with E-state index >= 15 is 0 Å². The fourth-order valence-corrected chi connectivity index (χ4v) is 2.27. The van der Waals surface area contributed by atoms with E-state index in [9.17, 15) is 0 Å². The average Bonchev–Trinajstić information content (AvgIpc) is 3.10. The second-order valence-corrected chi connectivity index (χ2v) is 5.18. The van der Waals surface area contributed by atoms with Crippen molar-refractivity contribution in [1.29, 1.82) is 0 Å². The first-order valence-corrected chi connectivity index (χ1v) is 6.35. The van der Waals surface area contributed by atoms with Crippen molar-refractivity contribution in [2.75, 3.05) is 5.73 Å². The molecule has 1 aromatic heterocycles. The molecule has 2 aromatic rings. The van der Waals surface area contributed by atoms with Gasteiger partial charge in [0.05, 0.1) is 0 Å². The molecule has 4 nitrogen and oxygen atoms in total. The third-order valence-electron chi connectivity index (χ3n) is 2.73. The Hall–Kier alpha value is -1.39. The zero-order valence-corrected chi connectivity index (χ0v) is 10.9. The van der Waals surface area contributed by atoms with Crippen LogP contribution in [0.1, 0.15) is 24.6 Å². The predicted molar refractivity (Wildman–Crippen MR) is 71.7 cm³/mol. The molecule has 0 radical (unpaired) electrons. The second kappa shape index (κ2) is 4.37. The average molecular weight is 281 g/mol. The minimum Gasteiger partial charge on any atom is -0.368 e. The Morgan fingerprint density at radius 1 is 1.00 bits per heavy atom. The lowest BCUT2D eigenvalue weighted by molar-refractivity contribution is 0.902. The Morgan fingerprint density at radius 2 is 1.67 bits per heavy atom. The van der Waals surface area contributed by atoms with Crippen molar-refractivity contribution in [3.05, 3.63) is 34.1 Å². The first-order valence-electron chi connectivity index (χ1n) is 5.60. The van der Waals surface area contributed by atoms with Gasteiger partial charge in [0.1, 0.15) is 5.82 Å². The highest BCUT2D eigenvalue weighted by molar-refractivity contribution is 6.35. The summed E-state index contributed by atoms with van der Waals surface area (Å²) >= 11 is 11.9. The Kier molecular flexibility index (Phi) is 2.84. The summed E-state index contributed by atoms with van der Waals surface area (Å²) in [5.41, 5.74) is 6.46. The van der Waals surface area contributed by atoms with E-state index in [0.717, 1.165) is 24.2 Å². The van der Waals surface area contributed by atoms with Gasteiger partial charge < -0.3 is 5.73 Å². The van der Waals surface area contributed by atoms with Gasteiger partial charge in [-0.1, -0.05) is 23.2 Å². The molecule has 18 heavy (non-hydrogen) atoms. The zero-order valence-electron chi connectivity index (χ0n) is 9.40. The van der Waals surface area contributed by atoms with Gasteiger partial charge in [0.25, 0.3) is 0 Å². The van der Waals surface area contributed by atoms with Crippen LogP contribution in [0.25, 0.3) is 11.4 Å². The molecule has 6 heteroatoms. The topological polar surface area (TPSA) is 64.7 Å². The van der Waals surface area contributed by atoms with Gasteiger partial charge in [0, 0.05) is 21.5 Å². The molecule has 1 aromatic carbocycles. The van der Waals surface area contributed by atoms with Gasteiger partial charge >= 0.3 is 0 Å². The maximum Gasteiger partial charge on any atom is 0.223 e. The largest absolute Gasteiger partial charge is 0.368 e. The molecule has 92 valence electrons. The number of nitrogen functional groups attached to an aromatic ring is 1. The van der Waals surface area contributed by atoms with E-state index in [-0.39, 0.29) is 5.95 Å². The molecule has 0 aliphatic heterocycles. The number of rotatable bonds is 2. The van der Waals surface area contributed by atoms with Crippen LogP contribution in [-0.4, -0.2) is 15.0 Å². The van der Waals surface area contributed by atoms with Crippen LogP contribution in [0.5, 0.6) is 0 Å². The van der Waals surface area contributed by atoms with Gasteiger partial charge in [0.15, 0.2) is 5.82 Å². The number of hydrogen-bond donors (Lipinski definition) is 1. The van der Waals surface area contributed by atoms with Crippen molar-refractivity contribution in [3.8, 4) is 11.4 Å². The Morgan fingerprint density at radius 3 is 2.28 bits per heavy atom. The zero-order chi connectivity index (χ0) is 12.7. The van der Waals surface area contributed by atoms with E-state index < -0.39 is 0 Å². The Labute approximate surface area is 114 Å². The highest BCUT2D eigenvalue weighted by atomic mass is 35.5. The molecule has 0 amide bonds. The quantitative estimate of drug-likeness (QED) is 0.917. The molecular formula is C12H10Cl2N4. The first-order chi connectivity index (χ1) is 8.61. The first kappa shape index (κ1) is 11.7. The van der Waals surface area contributed by atoms with Gasteiger partial charge in [-0.2, -0.15) is 9.97 Å². The van der Waals surface area contributed by atoms with Crippen molar-refractivity contribution in [3.63, 3.8) is 0 Å². The predicted octanol–water partition coefficient (Wildman–Crippen LogP) is 3.31. The molecule has 0 atom stereocenters. The Balaban J connectivity index is 2.09. The second-order valence-electron chi connectivity index (χ2n) is 4.31.